The quantitative estimate of drug-likeness (QED) is 0.360. The smallest absolute Gasteiger partial charge is 0.222 e. The monoisotopic (exact) mass is 497 g/mol. The first-order chi connectivity index (χ1) is 18.0. The molecule has 2 fully saturated rings. The zero-order valence-electron chi connectivity index (χ0n) is 20.9. The van der Waals surface area contributed by atoms with Crippen LogP contribution in [0.2, 0.25) is 0 Å². The number of carbonyl (C=O) groups excluding carboxylic acids is 1. The summed E-state index contributed by atoms with van der Waals surface area (Å²) in [4.78, 5) is 22.1. The van der Waals surface area contributed by atoms with Gasteiger partial charge in [-0.3, -0.25) is 9.20 Å². The first kappa shape index (κ1) is 23.5. The lowest BCUT2D eigenvalue weighted by molar-refractivity contribution is -0.123. The lowest BCUT2D eigenvalue weighted by Crippen LogP contribution is -2.45. The van der Waals surface area contributed by atoms with Gasteiger partial charge < -0.3 is 20.5 Å². The van der Waals surface area contributed by atoms with E-state index >= 15 is 0 Å². The molecule has 8 heteroatoms. The number of nitrogens with two attached hydrogens (primary N) is 1. The van der Waals surface area contributed by atoms with Gasteiger partial charge >= 0.3 is 0 Å². The molecular weight excluding hydrogens is 466 g/mol. The third-order valence-electron chi connectivity index (χ3n) is 7.94. The van der Waals surface area contributed by atoms with Crippen LogP contribution in [0.25, 0.3) is 16.8 Å². The molecule has 0 aliphatic heterocycles. The van der Waals surface area contributed by atoms with Crippen molar-refractivity contribution in [1.82, 2.24) is 19.7 Å². The summed E-state index contributed by atoms with van der Waals surface area (Å²) < 4.78 is 13.2. The zero-order chi connectivity index (χ0) is 25.5. The Labute approximate surface area is 215 Å². The number of nitrogens with zero attached hydrogens (tertiary/aromatic N) is 3. The Bertz CT molecular complexity index is 1420. The molecule has 190 valence electrons. The minimum absolute atomic E-state index is 0.0551. The van der Waals surface area contributed by atoms with E-state index in [0.717, 1.165) is 66.2 Å². The maximum absolute atomic E-state index is 12.5. The molecule has 2 heterocycles. The van der Waals surface area contributed by atoms with Crippen LogP contribution in [0.4, 0.5) is 5.82 Å². The Kier molecular flexibility index (Phi) is 5.83. The summed E-state index contributed by atoms with van der Waals surface area (Å²) in [7, 11) is 1.62. The van der Waals surface area contributed by atoms with Crippen molar-refractivity contribution >= 4 is 17.2 Å². The lowest BCUT2D eigenvalue weighted by Gasteiger charge is -2.28. The molecule has 2 aliphatic carbocycles. The van der Waals surface area contributed by atoms with Crippen molar-refractivity contribution in [3.05, 3.63) is 72.8 Å². The van der Waals surface area contributed by atoms with Gasteiger partial charge in [-0.1, -0.05) is 18.2 Å². The van der Waals surface area contributed by atoms with Gasteiger partial charge in [0, 0.05) is 42.4 Å². The van der Waals surface area contributed by atoms with Gasteiger partial charge in [-0.15, -0.1) is 0 Å². The predicted octanol–water partition coefficient (Wildman–Crippen LogP) is 4.88. The number of aromatic nitrogens is 3. The molecule has 37 heavy (non-hydrogen) atoms. The standard InChI is InChI=1S/C29H31N5O3/c1-36-18-11-23(35)33-29-14-12-28(19-29,13-15-29)27-32-24(25-26(30)31-16-17-34(25)27)20-7-9-22(10-8-20)37-21-5-3-2-4-6-21/h2-10,16-17H,11-15,18-19H2,1H3,(H2,30,31)(H,33,35). The number of imidazole rings is 1. The fraction of sp³-hybridized carbons (Fsp3) is 0.345. The maximum atomic E-state index is 12.5. The molecule has 6 rings (SSSR count). The zero-order valence-corrected chi connectivity index (χ0v) is 20.9. The molecule has 0 spiro atoms. The lowest BCUT2D eigenvalue weighted by atomic mass is 9.83. The highest BCUT2D eigenvalue weighted by molar-refractivity contribution is 5.85. The summed E-state index contributed by atoms with van der Waals surface area (Å²) in [6, 6.07) is 17.6. The minimum atomic E-state index is -0.175. The highest BCUT2D eigenvalue weighted by atomic mass is 16.5. The summed E-state index contributed by atoms with van der Waals surface area (Å²) in [5.74, 6) is 3.05. The largest absolute Gasteiger partial charge is 0.457 e. The van der Waals surface area contributed by atoms with E-state index in [1.807, 2.05) is 60.8 Å². The molecule has 0 radical (unpaired) electrons. The highest BCUT2D eigenvalue weighted by Gasteiger charge is 2.57. The molecule has 8 nitrogen and oxygen atoms in total. The van der Waals surface area contributed by atoms with Crippen LogP contribution in [-0.4, -0.2) is 39.5 Å². The van der Waals surface area contributed by atoms with Crippen LogP contribution in [0.15, 0.2) is 67.0 Å². The van der Waals surface area contributed by atoms with Crippen LogP contribution in [0.3, 0.4) is 0 Å². The van der Waals surface area contributed by atoms with E-state index in [4.69, 9.17) is 20.2 Å². The first-order valence-corrected chi connectivity index (χ1v) is 12.8. The molecule has 2 aromatic heterocycles. The average Bonchev–Trinajstić information content (AvgIpc) is 3.60. The summed E-state index contributed by atoms with van der Waals surface area (Å²) in [6.45, 7) is 0.433. The second-order valence-corrected chi connectivity index (χ2v) is 10.3. The second kappa shape index (κ2) is 9.19. The Balaban J connectivity index is 1.32. The maximum Gasteiger partial charge on any atom is 0.222 e. The molecule has 2 saturated carbocycles. The molecule has 0 unspecified atom stereocenters. The fourth-order valence-corrected chi connectivity index (χ4v) is 6.18. The van der Waals surface area contributed by atoms with Crippen molar-refractivity contribution in [3.63, 3.8) is 0 Å². The molecule has 3 N–H and O–H groups in total. The van der Waals surface area contributed by atoms with Gasteiger partial charge in [-0.25, -0.2) is 9.97 Å². The normalized spacial score (nSPS) is 22.4. The van der Waals surface area contributed by atoms with E-state index in [-0.39, 0.29) is 16.9 Å². The van der Waals surface area contributed by atoms with E-state index < -0.39 is 0 Å². The molecule has 0 atom stereocenters. The summed E-state index contributed by atoms with van der Waals surface area (Å²) in [6.07, 6.45) is 8.79. The van der Waals surface area contributed by atoms with Gasteiger partial charge in [0.1, 0.15) is 34.4 Å². The molecular formula is C29H31N5O3. The average molecular weight is 498 g/mol. The van der Waals surface area contributed by atoms with Crippen LogP contribution < -0.4 is 15.8 Å². The molecule has 4 aromatic rings. The van der Waals surface area contributed by atoms with Crippen LogP contribution in [-0.2, 0) is 14.9 Å². The van der Waals surface area contributed by atoms with E-state index in [1.165, 1.54) is 0 Å². The van der Waals surface area contributed by atoms with Crippen LogP contribution >= 0.6 is 0 Å². The Hall–Kier alpha value is -3.91. The highest BCUT2D eigenvalue weighted by Crippen LogP contribution is 2.57. The molecule has 2 bridgehead atoms. The summed E-state index contributed by atoms with van der Waals surface area (Å²) >= 11 is 0. The number of hydrogen-bond acceptors (Lipinski definition) is 6. The molecule has 2 aliphatic rings. The predicted molar refractivity (Wildman–Crippen MR) is 141 cm³/mol. The molecule has 1 amide bonds. The van der Waals surface area contributed by atoms with Gasteiger partial charge in [0.15, 0.2) is 0 Å². The third-order valence-corrected chi connectivity index (χ3v) is 7.94. The van der Waals surface area contributed by atoms with Gasteiger partial charge in [0.2, 0.25) is 5.91 Å². The number of hydrogen-bond donors (Lipinski definition) is 2. The van der Waals surface area contributed by atoms with Crippen molar-refractivity contribution < 1.29 is 14.3 Å². The van der Waals surface area contributed by atoms with Gasteiger partial charge in [-0.05, 0) is 68.5 Å². The number of benzene rings is 2. The van der Waals surface area contributed by atoms with Crippen molar-refractivity contribution in [3.8, 4) is 22.8 Å². The van der Waals surface area contributed by atoms with E-state index in [2.05, 4.69) is 14.7 Å². The fourth-order valence-electron chi connectivity index (χ4n) is 6.18. The Morgan fingerprint density at radius 2 is 1.78 bits per heavy atom. The number of nitrogen functional groups attached to an aromatic ring is 1. The van der Waals surface area contributed by atoms with Crippen LogP contribution in [0.1, 0.15) is 44.3 Å². The number of rotatable bonds is 8. The summed E-state index contributed by atoms with van der Waals surface area (Å²) in [5, 5.41) is 3.33. The first-order valence-electron chi connectivity index (χ1n) is 12.8. The van der Waals surface area contributed by atoms with Gasteiger partial charge in [0.25, 0.3) is 0 Å². The summed E-state index contributed by atoms with van der Waals surface area (Å²) in [5.41, 5.74) is 8.71. The minimum Gasteiger partial charge on any atom is -0.457 e. The van der Waals surface area contributed by atoms with Crippen molar-refractivity contribution in [2.75, 3.05) is 19.5 Å². The SMILES string of the molecule is COCCC(=O)NC12CCC(c3nc(-c4ccc(Oc5ccccc5)cc4)c4c(N)nccn34)(CC1)C2. The van der Waals surface area contributed by atoms with E-state index in [1.54, 1.807) is 13.3 Å². The van der Waals surface area contributed by atoms with E-state index in [9.17, 15) is 4.79 Å². The molecule has 2 aromatic carbocycles. The number of fused-ring (bicyclic) bond motifs is 3. The number of ether oxygens (including phenoxy) is 2. The van der Waals surface area contributed by atoms with E-state index in [0.29, 0.717) is 18.8 Å². The van der Waals surface area contributed by atoms with Gasteiger partial charge in [0.05, 0.1) is 6.61 Å². The molecule has 0 saturated heterocycles. The Morgan fingerprint density at radius 3 is 2.51 bits per heavy atom. The second-order valence-electron chi connectivity index (χ2n) is 10.3. The van der Waals surface area contributed by atoms with Crippen LogP contribution in [0.5, 0.6) is 11.5 Å². The van der Waals surface area contributed by atoms with Crippen LogP contribution in [0, 0.1) is 0 Å². The number of nitrogens with one attached hydrogen (secondary N) is 1. The number of amides is 1. The third kappa shape index (κ3) is 4.21. The Morgan fingerprint density at radius 1 is 1.05 bits per heavy atom. The van der Waals surface area contributed by atoms with Gasteiger partial charge in [-0.2, -0.15) is 0 Å². The van der Waals surface area contributed by atoms with Crippen molar-refractivity contribution in [2.45, 2.75) is 49.5 Å². The number of para-hydroxylation sites is 1. The topological polar surface area (TPSA) is 104 Å². The van der Waals surface area contributed by atoms with Crippen molar-refractivity contribution in [1.29, 1.82) is 0 Å². The van der Waals surface area contributed by atoms with Crippen molar-refractivity contribution in [2.24, 2.45) is 0 Å². The number of carbonyl (C=O) groups is 1. The number of methoxy groups -OCH3 is 1. The number of anilines is 1.